The number of amides is 1. The highest BCUT2D eigenvalue weighted by molar-refractivity contribution is 7.82. The second-order valence-electron chi connectivity index (χ2n) is 9.78. The summed E-state index contributed by atoms with van der Waals surface area (Å²) in [5, 5.41) is 23.2. The fraction of sp³-hybridized carbons (Fsp3) is 0.462. The number of nitrogens with one attached hydrogen (secondary N) is 1. The minimum absolute atomic E-state index is 0.0487. The van der Waals surface area contributed by atoms with Crippen LogP contribution in [0.5, 0.6) is 11.5 Å². The molecule has 2 aromatic rings. The van der Waals surface area contributed by atoms with E-state index in [2.05, 4.69) is 16.4 Å². The van der Waals surface area contributed by atoms with Crippen molar-refractivity contribution in [3.8, 4) is 11.5 Å². The van der Waals surface area contributed by atoms with E-state index in [4.69, 9.17) is 11.5 Å². The van der Waals surface area contributed by atoms with Gasteiger partial charge in [-0.15, -0.1) is 0 Å². The predicted octanol–water partition coefficient (Wildman–Crippen LogP) is 2.23. The number of carbonyl (C=O) groups is 1. The number of likely N-dealkylation sites (tertiary alicyclic amines) is 1. The van der Waals surface area contributed by atoms with Gasteiger partial charge in [0.25, 0.3) is 0 Å². The molecule has 0 aliphatic carbocycles. The minimum Gasteiger partial charge on any atom is -0.508 e. The van der Waals surface area contributed by atoms with Gasteiger partial charge in [-0.05, 0) is 61.1 Å². The maximum atomic E-state index is 13.0. The topological polar surface area (TPSA) is 158 Å². The summed E-state index contributed by atoms with van der Waals surface area (Å²) in [6.07, 6.45) is 3.29. The van der Waals surface area contributed by atoms with Crippen LogP contribution in [0.4, 0.5) is 5.69 Å². The highest BCUT2D eigenvalue weighted by Gasteiger charge is 2.28. The lowest BCUT2D eigenvalue weighted by Crippen LogP contribution is -2.44. The van der Waals surface area contributed by atoms with Crippen molar-refractivity contribution in [1.82, 2.24) is 9.21 Å². The van der Waals surface area contributed by atoms with E-state index in [1.165, 1.54) is 18.2 Å². The van der Waals surface area contributed by atoms with E-state index >= 15 is 0 Å². The van der Waals surface area contributed by atoms with Gasteiger partial charge in [-0.1, -0.05) is 13.0 Å². The lowest BCUT2D eigenvalue weighted by atomic mass is 9.99. The number of anilines is 1. The van der Waals surface area contributed by atoms with Crippen molar-refractivity contribution in [3.05, 3.63) is 47.5 Å². The number of nitrogens with zero attached hydrogens (tertiary/aromatic N) is 3. The summed E-state index contributed by atoms with van der Waals surface area (Å²) >= 11 is 0. The van der Waals surface area contributed by atoms with E-state index in [1.54, 1.807) is 4.31 Å². The number of phenolic OH excluding ortho intramolecular Hbond substituents is 2. The maximum Gasteiger partial charge on any atom is 0.225 e. The van der Waals surface area contributed by atoms with E-state index in [0.29, 0.717) is 19.6 Å². The number of guanidine groups is 1. The molecule has 2 aromatic carbocycles. The Morgan fingerprint density at radius 2 is 1.86 bits per heavy atom. The normalized spacial score (nSPS) is 17.7. The smallest absolute Gasteiger partial charge is 0.225 e. The molecule has 1 unspecified atom stereocenters. The highest BCUT2D eigenvalue weighted by Crippen LogP contribution is 2.33. The molecule has 0 bridgehead atoms. The number of phenols is 2. The molecule has 0 radical (unpaired) electrons. The maximum absolute atomic E-state index is 13.0. The average molecular weight is 529 g/mol. The van der Waals surface area contributed by atoms with Crippen molar-refractivity contribution >= 4 is 28.5 Å². The Kier molecular flexibility index (Phi) is 8.55. The number of carbonyl (C=O) groups excluding carboxylic acids is 1. The summed E-state index contributed by atoms with van der Waals surface area (Å²) in [6.45, 7) is 4.98. The molecular formula is C26H36N6O4S. The van der Waals surface area contributed by atoms with Crippen molar-refractivity contribution in [2.45, 2.75) is 56.6 Å². The summed E-state index contributed by atoms with van der Waals surface area (Å²) in [6, 6.07) is 10.6. The van der Waals surface area contributed by atoms with Crippen LogP contribution in [0.3, 0.4) is 0 Å². The molecule has 11 heteroatoms. The number of rotatable bonds is 9. The van der Waals surface area contributed by atoms with Gasteiger partial charge in [-0.2, -0.15) is 0 Å². The monoisotopic (exact) mass is 528 g/mol. The van der Waals surface area contributed by atoms with Crippen molar-refractivity contribution in [1.29, 1.82) is 0 Å². The molecule has 2 heterocycles. The summed E-state index contributed by atoms with van der Waals surface area (Å²) in [5.41, 5.74) is 13.9. The zero-order valence-electron chi connectivity index (χ0n) is 21.1. The van der Waals surface area contributed by atoms with Crippen LogP contribution < -0.4 is 16.8 Å². The molecule has 1 saturated heterocycles. The quantitative estimate of drug-likeness (QED) is 0.190. The molecule has 0 saturated carbocycles. The van der Waals surface area contributed by atoms with E-state index < -0.39 is 11.0 Å². The van der Waals surface area contributed by atoms with Gasteiger partial charge in [-0.3, -0.25) is 9.79 Å². The Bertz CT molecular complexity index is 1180. The number of benzene rings is 2. The van der Waals surface area contributed by atoms with Gasteiger partial charge in [0.15, 0.2) is 5.96 Å². The Morgan fingerprint density at radius 1 is 1.14 bits per heavy atom. The zero-order chi connectivity index (χ0) is 26.5. The van der Waals surface area contributed by atoms with Crippen LogP contribution in [0.1, 0.15) is 43.7 Å². The van der Waals surface area contributed by atoms with Crippen LogP contribution in [0.2, 0.25) is 0 Å². The lowest BCUT2D eigenvalue weighted by molar-refractivity contribution is -0.136. The van der Waals surface area contributed by atoms with Gasteiger partial charge in [0.2, 0.25) is 5.91 Å². The van der Waals surface area contributed by atoms with Crippen LogP contribution in [0, 0.1) is 5.92 Å². The molecule has 200 valence electrons. The first-order valence-corrected chi connectivity index (χ1v) is 13.7. The van der Waals surface area contributed by atoms with E-state index in [-0.39, 0.29) is 40.2 Å². The molecule has 2 atom stereocenters. The van der Waals surface area contributed by atoms with E-state index in [9.17, 15) is 19.2 Å². The molecule has 10 nitrogen and oxygen atoms in total. The van der Waals surface area contributed by atoms with Crippen LogP contribution in [0.25, 0.3) is 0 Å². The third kappa shape index (κ3) is 6.72. The summed E-state index contributed by atoms with van der Waals surface area (Å²) in [7, 11) is -1.54. The molecule has 37 heavy (non-hydrogen) atoms. The van der Waals surface area contributed by atoms with Crippen LogP contribution in [-0.4, -0.2) is 61.2 Å². The highest BCUT2D eigenvalue weighted by atomic mass is 32.2. The number of hydrogen-bond acceptors (Lipinski definition) is 6. The number of hydrogen-bond donors (Lipinski definition) is 5. The molecule has 0 spiro atoms. The molecule has 0 aromatic heterocycles. The molecule has 7 N–H and O–H groups in total. The third-order valence-electron chi connectivity index (χ3n) is 6.95. The van der Waals surface area contributed by atoms with Crippen LogP contribution >= 0.6 is 0 Å². The van der Waals surface area contributed by atoms with E-state index in [1.807, 2.05) is 24.0 Å². The van der Waals surface area contributed by atoms with Gasteiger partial charge in [0.05, 0.1) is 4.90 Å². The van der Waals surface area contributed by atoms with Crippen LogP contribution in [0.15, 0.2) is 46.3 Å². The van der Waals surface area contributed by atoms with Gasteiger partial charge in [-0.25, -0.2) is 8.51 Å². The van der Waals surface area contributed by atoms with Gasteiger partial charge in [0.1, 0.15) is 22.5 Å². The fourth-order valence-corrected chi connectivity index (χ4v) is 6.10. The lowest BCUT2D eigenvalue weighted by Gasteiger charge is -2.34. The van der Waals surface area contributed by atoms with Crippen LogP contribution in [-0.2, 0) is 28.9 Å². The van der Waals surface area contributed by atoms with Gasteiger partial charge >= 0.3 is 0 Å². The average Bonchev–Trinajstić information content (AvgIpc) is 3.29. The number of aromatic hydroxyl groups is 2. The molecule has 2 aliphatic rings. The van der Waals surface area contributed by atoms with Gasteiger partial charge in [0, 0.05) is 56.4 Å². The van der Waals surface area contributed by atoms with Crippen molar-refractivity contribution < 1.29 is 19.2 Å². The SMILES string of the molecule is C[C@@H](CCCN=C(N)N)C(=O)N1CCC(Nc2ccc3c(c2)CN(S(=O)c2ccc(O)cc2O)C3)CC1. The molecule has 2 aliphatic heterocycles. The Balaban J connectivity index is 1.26. The standard InChI is InChI=1S/C26H36N6O4S/c1-17(3-2-10-29-26(27)28)25(35)31-11-8-20(9-12-31)30-21-5-4-18-15-32(16-19(18)13-21)37(36)24-7-6-22(33)14-23(24)34/h4-7,13-14,17,20,30,33-34H,2-3,8-12,15-16H2,1H3,(H4,27,28,29)/t17-,37?/m0/s1. The minimum atomic E-state index is -1.54. The molecule has 1 fully saturated rings. The number of aliphatic imine (C=N–C) groups is 1. The summed E-state index contributed by atoms with van der Waals surface area (Å²) in [4.78, 5) is 19.0. The fourth-order valence-electron chi connectivity index (χ4n) is 4.88. The van der Waals surface area contributed by atoms with E-state index in [0.717, 1.165) is 55.6 Å². The van der Waals surface area contributed by atoms with Gasteiger partial charge < -0.3 is 31.9 Å². The number of nitrogens with two attached hydrogens (primary N) is 2. The summed E-state index contributed by atoms with van der Waals surface area (Å²) < 4.78 is 14.8. The third-order valence-corrected chi connectivity index (χ3v) is 8.40. The predicted molar refractivity (Wildman–Crippen MR) is 144 cm³/mol. The van der Waals surface area contributed by atoms with Crippen molar-refractivity contribution in [2.24, 2.45) is 22.4 Å². The number of fused-ring (bicyclic) bond motifs is 1. The molecular weight excluding hydrogens is 492 g/mol. The zero-order valence-corrected chi connectivity index (χ0v) is 21.9. The molecule has 4 rings (SSSR count). The first-order chi connectivity index (χ1) is 17.7. The Morgan fingerprint density at radius 3 is 2.57 bits per heavy atom. The first kappa shape index (κ1) is 26.7. The Labute approximate surface area is 219 Å². The largest absolute Gasteiger partial charge is 0.508 e. The number of piperidine rings is 1. The molecule has 1 amide bonds. The second kappa shape index (κ2) is 11.8. The van der Waals surface area contributed by atoms with Crippen molar-refractivity contribution in [2.75, 3.05) is 25.0 Å². The summed E-state index contributed by atoms with van der Waals surface area (Å²) in [5.74, 6) is -0.0239. The van der Waals surface area contributed by atoms with Crippen molar-refractivity contribution in [3.63, 3.8) is 0 Å². The Hall–Kier alpha value is -3.31. The second-order valence-corrected chi connectivity index (χ2v) is 11.2. The first-order valence-electron chi connectivity index (χ1n) is 12.6.